The second kappa shape index (κ2) is 8.06. The Morgan fingerprint density at radius 1 is 1.29 bits per heavy atom. The monoisotopic (exact) mass is 403 g/mol. The molecule has 2 saturated carbocycles. The number of furan rings is 1. The molecule has 1 aromatic heterocycles. The third-order valence-corrected chi connectivity index (χ3v) is 4.43. The highest BCUT2D eigenvalue weighted by atomic mass is 127. The van der Waals surface area contributed by atoms with E-state index in [1.807, 2.05) is 19.2 Å². The molecule has 2 aliphatic rings. The van der Waals surface area contributed by atoms with Crippen LogP contribution < -0.4 is 10.6 Å². The van der Waals surface area contributed by atoms with Gasteiger partial charge >= 0.3 is 0 Å². The lowest BCUT2D eigenvalue weighted by Gasteiger charge is -2.18. The summed E-state index contributed by atoms with van der Waals surface area (Å²) >= 11 is 0. The second-order valence-corrected chi connectivity index (χ2v) is 6.05. The van der Waals surface area contributed by atoms with Crippen molar-refractivity contribution in [3.8, 4) is 0 Å². The summed E-state index contributed by atoms with van der Waals surface area (Å²) in [5.74, 6) is 4.77. The van der Waals surface area contributed by atoms with E-state index in [4.69, 9.17) is 4.42 Å². The largest absolute Gasteiger partial charge is 0.469 e. The van der Waals surface area contributed by atoms with Crippen molar-refractivity contribution in [3.63, 3.8) is 0 Å². The Bertz CT molecular complexity index is 426. The first-order chi connectivity index (χ1) is 9.86. The molecular formula is C16H26IN3O. The van der Waals surface area contributed by atoms with E-state index in [0.717, 1.165) is 49.0 Å². The summed E-state index contributed by atoms with van der Waals surface area (Å²) in [5.41, 5.74) is 0. The molecule has 2 N–H and O–H groups in total. The fraction of sp³-hybridized carbons (Fsp3) is 0.688. The molecule has 0 aromatic carbocycles. The van der Waals surface area contributed by atoms with Gasteiger partial charge in [-0.3, -0.25) is 4.99 Å². The van der Waals surface area contributed by atoms with Crippen LogP contribution in [0.15, 0.2) is 27.8 Å². The van der Waals surface area contributed by atoms with Crippen LogP contribution in [-0.2, 0) is 6.42 Å². The molecule has 2 fully saturated rings. The van der Waals surface area contributed by atoms with Crippen molar-refractivity contribution < 1.29 is 4.42 Å². The zero-order chi connectivity index (χ0) is 13.8. The van der Waals surface area contributed by atoms with Gasteiger partial charge in [-0.15, -0.1) is 24.0 Å². The fourth-order valence-electron chi connectivity index (χ4n) is 2.96. The Labute approximate surface area is 144 Å². The second-order valence-electron chi connectivity index (χ2n) is 6.05. The van der Waals surface area contributed by atoms with Crippen molar-refractivity contribution in [2.75, 3.05) is 20.1 Å². The molecule has 3 rings (SSSR count). The SMILES string of the molecule is CN=C(NCCc1ccco1)NCC(C1CC1)C1CC1.I. The Morgan fingerprint density at radius 3 is 2.52 bits per heavy atom. The quantitative estimate of drug-likeness (QED) is 0.418. The first-order valence-electron chi connectivity index (χ1n) is 7.83. The lowest BCUT2D eigenvalue weighted by Crippen LogP contribution is -2.41. The smallest absolute Gasteiger partial charge is 0.191 e. The van der Waals surface area contributed by atoms with Gasteiger partial charge in [0.25, 0.3) is 0 Å². The number of nitrogens with one attached hydrogen (secondary N) is 2. The summed E-state index contributed by atoms with van der Waals surface area (Å²) in [7, 11) is 1.84. The third-order valence-electron chi connectivity index (χ3n) is 4.43. The lowest BCUT2D eigenvalue weighted by molar-refractivity contribution is 0.400. The van der Waals surface area contributed by atoms with E-state index in [1.165, 1.54) is 25.7 Å². The summed E-state index contributed by atoms with van der Waals surface area (Å²) in [4.78, 5) is 4.30. The van der Waals surface area contributed by atoms with Crippen LogP contribution >= 0.6 is 24.0 Å². The molecule has 5 heteroatoms. The van der Waals surface area contributed by atoms with E-state index in [1.54, 1.807) is 6.26 Å². The van der Waals surface area contributed by atoms with Crippen LogP contribution in [0.4, 0.5) is 0 Å². The number of nitrogens with zero attached hydrogens (tertiary/aromatic N) is 1. The number of halogens is 1. The van der Waals surface area contributed by atoms with E-state index in [9.17, 15) is 0 Å². The van der Waals surface area contributed by atoms with Gasteiger partial charge in [0, 0.05) is 26.6 Å². The third kappa shape index (κ3) is 5.20. The molecule has 0 aliphatic heterocycles. The molecule has 0 amide bonds. The van der Waals surface area contributed by atoms with Gasteiger partial charge in [0.2, 0.25) is 0 Å². The standard InChI is InChI=1S/C16H25N3O.HI/c1-17-16(18-9-8-14-3-2-10-20-14)19-11-15(12-4-5-12)13-6-7-13;/h2-3,10,12-13,15H,4-9,11H2,1H3,(H2,17,18,19);1H. The van der Waals surface area contributed by atoms with Gasteiger partial charge < -0.3 is 15.1 Å². The number of hydrogen-bond acceptors (Lipinski definition) is 2. The van der Waals surface area contributed by atoms with Gasteiger partial charge in [-0.05, 0) is 55.6 Å². The molecular weight excluding hydrogens is 377 g/mol. The minimum Gasteiger partial charge on any atom is -0.469 e. The zero-order valence-corrected chi connectivity index (χ0v) is 15.0. The highest BCUT2D eigenvalue weighted by molar-refractivity contribution is 14.0. The Hall–Kier alpha value is -0.720. The van der Waals surface area contributed by atoms with Gasteiger partial charge in [-0.25, -0.2) is 0 Å². The number of hydrogen-bond donors (Lipinski definition) is 2. The maximum Gasteiger partial charge on any atom is 0.191 e. The zero-order valence-electron chi connectivity index (χ0n) is 12.7. The summed E-state index contributed by atoms with van der Waals surface area (Å²) in [6.45, 7) is 1.93. The molecule has 0 saturated heterocycles. The maximum atomic E-state index is 5.33. The normalized spacial score (nSPS) is 18.5. The van der Waals surface area contributed by atoms with Crippen molar-refractivity contribution in [1.29, 1.82) is 0 Å². The molecule has 0 unspecified atom stereocenters. The van der Waals surface area contributed by atoms with Crippen LogP contribution in [0.3, 0.4) is 0 Å². The van der Waals surface area contributed by atoms with Gasteiger partial charge in [0.15, 0.2) is 5.96 Å². The molecule has 1 heterocycles. The molecule has 118 valence electrons. The van der Waals surface area contributed by atoms with E-state index in [-0.39, 0.29) is 24.0 Å². The van der Waals surface area contributed by atoms with E-state index >= 15 is 0 Å². The molecule has 1 aromatic rings. The van der Waals surface area contributed by atoms with E-state index in [2.05, 4.69) is 15.6 Å². The first kappa shape index (κ1) is 16.6. The molecule has 2 aliphatic carbocycles. The number of rotatable bonds is 7. The summed E-state index contributed by atoms with van der Waals surface area (Å²) in [5, 5.41) is 6.86. The Morgan fingerprint density at radius 2 is 2.00 bits per heavy atom. The van der Waals surface area contributed by atoms with Crippen LogP contribution in [0.1, 0.15) is 31.4 Å². The van der Waals surface area contributed by atoms with Crippen LogP contribution in [0.25, 0.3) is 0 Å². The van der Waals surface area contributed by atoms with Crippen LogP contribution in [-0.4, -0.2) is 26.1 Å². The first-order valence-corrected chi connectivity index (χ1v) is 7.83. The maximum absolute atomic E-state index is 5.33. The van der Waals surface area contributed by atoms with Gasteiger partial charge in [0.1, 0.15) is 5.76 Å². The minimum atomic E-state index is 0. The summed E-state index contributed by atoms with van der Waals surface area (Å²) < 4.78 is 5.33. The predicted octanol–water partition coefficient (Wildman–Crippen LogP) is 3.04. The molecule has 4 nitrogen and oxygen atoms in total. The minimum absolute atomic E-state index is 0. The van der Waals surface area contributed by atoms with Gasteiger partial charge in [0.05, 0.1) is 6.26 Å². The fourth-order valence-corrected chi connectivity index (χ4v) is 2.96. The predicted molar refractivity (Wildman–Crippen MR) is 96.1 cm³/mol. The molecule has 0 bridgehead atoms. The topological polar surface area (TPSA) is 49.6 Å². The van der Waals surface area contributed by atoms with Crippen molar-refractivity contribution in [2.24, 2.45) is 22.7 Å². The average Bonchev–Trinajstić information content (AvgIpc) is 3.39. The van der Waals surface area contributed by atoms with Crippen LogP contribution in [0, 0.1) is 17.8 Å². The average molecular weight is 403 g/mol. The van der Waals surface area contributed by atoms with Gasteiger partial charge in [-0.2, -0.15) is 0 Å². The molecule has 0 radical (unpaired) electrons. The van der Waals surface area contributed by atoms with Crippen LogP contribution in [0.2, 0.25) is 0 Å². The summed E-state index contributed by atoms with van der Waals surface area (Å²) in [6.07, 6.45) is 8.36. The summed E-state index contributed by atoms with van der Waals surface area (Å²) in [6, 6.07) is 3.94. The van der Waals surface area contributed by atoms with Crippen molar-refractivity contribution >= 4 is 29.9 Å². The van der Waals surface area contributed by atoms with Crippen molar-refractivity contribution in [3.05, 3.63) is 24.2 Å². The Balaban J connectivity index is 0.00000161. The van der Waals surface area contributed by atoms with Crippen molar-refractivity contribution in [2.45, 2.75) is 32.1 Å². The highest BCUT2D eigenvalue weighted by Crippen LogP contribution is 2.48. The van der Waals surface area contributed by atoms with Crippen LogP contribution in [0.5, 0.6) is 0 Å². The number of aliphatic imine (C=N–C) groups is 1. The lowest BCUT2D eigenvalue weighted by atomic mass is 9.98. The molecule has 0 spiro atoms. The molecule has 0 atom stereocenters. The number of guanidine groups is 1. The van der Waals surface area contributed by atoms with Crippen molar-refractivity contribution in [1.82, 2.24) is 10.6 Å². The van der Waals surface area contributed by atoms with E-state index in [0.29, 0.717) is 0 Å². The molecule has 21 heavy (non-hydrogen) atoms. The van der Waals surface area contributed by atoms with Gasteiger partial charge in [-0.1, -0.05) is 0 Å². The Kier molecular flexibility index (Phi) is 6.39. The highest BCUT2D eigenvalue weighted by Gasteiger charge is 2.41. The van der Waals surface area contributed by atoms with E-state index < -0.39 is 0 Å².